The highest BCUT2D eigenvalue weighted by Crippen LogP contribution is 2.28. The number of likely N-dealkylation sites (N-methyl/N-ethyl adjacent to an activating group) is 1. The Hall–Kier alpha value is -1.26. The molecule has 4 nitrogen and oxygen atoms in total. The summed E-state index contributed by atoms with van der Waals surface area (Å²) in [6.07, 6.45) is 0. The van der Waals surface area contributed by atoms with Crippen molar-refractivity contribution in [1.29, 1.82) is 0 Å². The Balaban J connectivity index is 1.97. The van der Waals surface area contributed by atoms with Crippen LogP contribution < -0.4 is 15.0 Å². The fourth-order valence-corrected chi connectivity index (χ4v) is 2.83. The molecule has 4 heteroatoms. The molecule has 1 aromatic carbocycles. The van der Waals surface area contributed by atoms with E-state index in [-0.39, 0.29) is 0 Å². The molecule has 1 heterocycles. The van der Waals surface area contributed by atoms with Gasteiger partial charge in [-0.25, -0.2) is 0 Å². The molecule has 1 aliphatic heterocycles. The van der Waals surface area contributed by atoms with E-state index in [0.717, 1.165) is 58.2 Å². The molecule has 0 aromatic heterocycles. The van der Waals surface area contributed by atoms with Gasteiger partial charge in [0.1, 0.15) is 12.4 Å². The van der Waals surface area contributed by atoms with Gasteiger partial charge in [0.25, 0.3) is 0 Å². The zero-order valence-corrected chi connectivity index (χ0v) is 13.7. The van der Waals surface area contributed by atoms with Crippen LogP contribution in [-0.2, 0) is 0 Å². The number of hydrogen-bond acceptors (Lipinski definition) is 4. The van der Waals surface area contributed by atoms with E-state index in [1.807, 2.05) is 0 Å². The molecule has 0 atom stereocenters. The van der Waals surface area contributed by atoms with Crippen LogP contribution in [0, 0.1) is 6.92 Å². The quantitative estimate of drug-likeness (QED) is 0.833. The van der Waals surface area contributed by atoms with E-state index in [0.29, 0.717) is 0 Å². The van der Waals surface area contributed by atoms with Gasteiger partial charge in [-0.05, 0) is 32.1 Å². The summed E-state index contributed by atoms with van der Waals surface area (Å²) in [4.78, 5) is 4.83. The summed E-state index contributed by atoms with van der Waals surface area (Å²) in [5.41, 5.74) is 2.58. The minimum atomic E-state index is 0.757. The van der Waals surface area contributed by atoms with Crippen molar-refractivity contribution < 1.29 is 4.74 Å². The first-order valence-electron chi connectivity index (χ1n) is 8.16. The predicted octanol–water partition coefficient (Wildman–Crippen LogP) is 2.13. The summed E-state index contributed by atoms with van der Waals surface area (Å²) in [7, 11) is 0. The van der Waals surface area contributed by atoms with Crippen molar-refractivity contribution in [1.82, 2.24) is 10.2 Å². The zero-order valence-electron chi connectivity index (χ0n) is 13.7. The largest absolute Gasteiger partial charge is 0.492 e. The van der Waals surface area contributed by atoms with Gasteiger partial charge in [-0.3, -0.25) is 0 Å². The van der Waals surface area contributed by atoms with E-state index in [9.17, 15) is 0 Å². The van der Waals surface area contributed by atoms with Crippen molar-refractivity contribution in [2.24, 2.45) is 0 Å². The Morgan fingerprint density at radius 2 is 1.90 bits per heavy atom. The lowest BCUT2D eigenvalue weighted by Gasteiger charge is -2.31. The molecule has 0 aliphatic carbocycles. The summed E-state index contributed by atoms with van der Waals surface area (Å²) in [6, 6.07) is 6.40. The number of rotatable bonds is 7. The van der Waals surface area contributed by atoms with Crippen LogP contribution in [0.4, 0.5) is 5.69 Å². The van der Waals surface area contributed by atoms with Crippen molar-refractivity contribution >= 4 is 5.69 Å². The van der Waals surface area contributed by atoms with Gasteiger partial charge >= 0.3 is 0 Å². The first-order chi connectivity index (χ1) is 10.3. The maximum atomic E-state index is 6.02. The van der Waals surface area contributed by atoms with Gasteiger partial charge < -0.3 is 19.9 Å². The van der Waals surface area contributed by atoms with Crippen molar-refractivity contribution in [2.45, 2.75) is 20.8 Å². The molecule has 118 valence electrons. The summed E-state index contributed by atoms with van der Waals surface area (Å²) in [5.74, 6) is 1.03. The highest BCUT2D eigenvalue weighted by Gasteiger charge is 2.14. The molecule has 1 saturated heterocycles. The van der Waals surface area contributed by atoms with Gasteiger partial charge in [-0.1, -0.05) is 19.9 Å². The van der Waals surface area contributed by atoms with Crippen molar-refractivity contribution in [3.63, 3.8) is 0 Å². The molecule has 1 aliphatic rings. The first-order valence-corrected chi connectivity index (χ1v) is 8.16. The number of nitrogens with zero attached hydrogens (tertiary/aromatic N) is 2. The third-order valence-corrected chi connectivity index (χ3v) is 4.27. The molecule has 2 rings (SSSR count). The van der Waals surface area contributed by atoms with Crippen LogP contribution in [-0.4, -0.2) is 57.3 Å². The third kappa shape index (κ3) is 4.35. The summed E-state index contributed by atoms with van der Waals surface area (Å²) >= 11 is 0. The molecule has 0 amide bonds. The summed E-state index contributed by atoms with van der Waals surface area (Å²) in [6.45, 7) is 14.7. The molecule has 0 saturated carbocycles. The molecule has 0 bridgehead atoms. The van der Waals surface area contributed by atoms with Crippen LogP contribution in [0.5, 0.6) is 5.75 Å². The minimum absolute atomic E-state index is 0.757. The Kier molecular flexibility index (Phi) is 6.33. The average molecular weight is 291 g/mol. The Morgan fingerprint density at radius 1 is 1.19 bits per heavy atom. The highest BCUT2D eigenvalue weighted by molar-refractivity contribution is 5.59. The van der Waals surface area contributed by atoms with E-state index in [2.05, 4.69) is 54.1 Å². The normalized spacial score (nSPS) is 15.5. The average Bonchev–Trinajstić information content (AvgIpc) is 2.54. The molecule has 0 unspecified atom stereocenters. The second-order valence-electron chi connectivity index (χ2n) is 5.51. The van der Waals surface area contributed by atoms with Crippen molar-refractivity contribution in [2.75, 3.05) is 57.3 Å². The Labute approximate surface area is 129 Å². The smallest absolute Gasteiger partial charge is 0.124 e. The SMILES string of the molecule is CCN(CC)CCOc1cccc(N2CCNCC2)c1C. The molecule has 21 heavy (non-hydrogen) atoms. The van der Waals surface area contributed by atoms with Gasteiger partial charge in [0, 0.05) is 44.0 Å². The van der Waals surface area contributed by atoms with Crippen LogP contribution in [0.25, 0.3) is 0 Å². The van der Waals surface area contributed by atoms with Gasteiger partial charge in [-0.15, -0.1) is 0 Å². The van der Waals surface area contributed by atoms with Gasteiger partial charge in [-0.2, -0.15) is 0 Å². The van der Waals surface area contributed by atoms with E-state index < -0.39 is 0 Å². The lowest BCUT2D eigenvalue weighted by molar-refractivity contribution is 0.222. The van der Waals surface area contributed by atoms with Crippen molar-refractivity contribution in [3.8, 4) is 5.75 Å². The molecule has 0 spiro atoms. The number of ether oxygens (including phenoxy) is 1. The number of piperazine rings is 1. The topological polar surface area (TPSA) is 27.7 Å². The number of anilines is 1. The fourth-order valence-electron chi connectivity index (χ4n) is 2.83. The Bertz CT molecular complexity index is 426. The number of hydrogen-bond donors (Lipinski definition) is 1. The van der Waals surface area contributed by atoms with Crippen LogP contribution in [0.2, 0.25) is 0 Å². The van der Waals surface area contributed by atoms with E-state index in [4.69, 9.17) is 4.74 Å². The molecule has 1 N–H and O–H groups in total. The monoisotopic (exact) mass is 291 g/mol. The lowest BCUT2D eigenvalue weighted by Crippen LogP contribution is -2.43. The molecule has 0 radical (unpaired) electrons. The van der Waals surface area contributed by atoms with Gasteiger partial charge in [0.15, 0.2) is 0 Å². The van der Waals surface area contributed by atoms with Crippen LogP contribution in [0.3, 0.4) is 0 Å². The van der Waals surface area contributed by atoms with Gasteiger partial charge in [0.2, 0.25) is 0 Å². The predicted molar refractivity (Wildman–Crippen MR) is 89.5 cm³/mol. The zero-order chi connectivity index (χ0) is 15.1. The number of nitrogens with one attached hydrogen (secondary N) is 1. The van der Waals surface area contributed by atoms with Crippen LogP contribution in [0.15, 0.2) is 18.2 Å². The van der Waals surface area contributed by atoms with E-state index >= 15 is 0 Å². The first kappa shape index (κ1) is 16.1. The van der Waals surface area contributed by atoms with Crippen LogP contribution >= 0.6 is 0 Å². The molecular weight excluding hydrogens is 262 g/mol. The van der Waals surface area contributed by atoms with Crippen LogP contribution in [0.1, 0.15) is 19.4 Å². The maximum Gasteiger partial charge on any atom is 0.124 e. The molecular formula is C17H29N3O. The molecule has 1 aromatic rings. The van der Waals surface area contributed by atoms with E-state index in [1.54, 1.807) is 0 Å². The Morgan fingerprint density at radius 3 is 2.57 bits per heavy atom. The van der Waals surface area contributed by atoms with Crippen molar-refractivity contribution in [3.05, 3.63) is 23.8 Å². The standard InChI is InChI=1S/C17H29N3O/c1-4-19(5-2)13-14-21-17-8-6-7-16(15(17)3)20-11-9-18-10-12-20/h6-8,18H,4-5,9-14H2,1-3H3. The second kappa shape index (κ2) is 8.25. The summed E-state index contributed by atoms with van der Waals surface area (Å²) < 4.78 is 6.02. The summed E-state index contributed by atoms with van der Waals surface area (Å²) in [5, 5.41) is 3.40. The fraction of sp³-hybridized carbons (Fsp3) is 0.647. The lowest BCUT2D eigenvalue weighted by atomic mass is 10.1. The number of benzene rings is 1. The molecule has 1 fully saturated rings. The third-order valence-electron chi connectivity index (χ3n) is 4.27. The van der Waals surface area contributed by atoms with Gasteiger partial charge in [0.05, 0.1) is 0 Å². The maximum absolute atomic E-state index is 6.02. The highest BCUT2D eigenvalue weighted by atomic mass is 16.5. The minimum Gasteiger partial charge on any atom is -0.492 e. The second-order valence-corrected chi connectivity index (χ2v) is 5.51. The van der Waals surface area contributed by atoms with E-state index in [1.165, 1.54) is 11.3 Å².